The van der Waals surface area contributed by atoms with Crippen molar-refractivity contribution in [3.05, 3.63) is 69.3 Å². The zero-order valence-corrected chi connectivity index (χ0v) is 14.5. The lowest BCUT2D eigenvalue weighted by Gasteiger charge is -2.16. The number of phenols is 1. The van der Waals surface area contributed by atoms with Crippen LogP contribution in [0, 0.1) is 10.1 Å². The first kappa shape index (κ1) is 18.4. The van der Waals surface area contributed by atoms with Gasteiger partial charge in [0.15, 0.2) is 0 Å². The third-order valence-corrected chi connectivity index (χ3v) is 4.33. The molecule has 0 saturated heterocycles. The van der Waals surface area contributed by atoms with E-state index in [1.165, 1.54) is 0 Å². The average Bonchev–Trinajstić information content (AvgIpc) is 2.96. The zero-order valence-electron chi connectivity index (χ0n) is 14.5. The molecule has 0 saturated carbocycles. The summed E-state index contributed by atoms with van der Waals surface area (Å²) in [5.41, 5.74) is 0.890. The fourth-order valence-corrected chi connectivity index (χ4v) is 2.93. The molecule has 8 nitrogen and oxygen atoms in total. The number of carbonyl (C=O) groups is 2. The van der Waals surface area contributed by atoms with Crippen LogP contribution < -0.4 is 0 Å². The molecule has 2 atom stereocenters. The number of hydrogen-bond acceptors (Lipinski definition) is 7. The van der Waals surface area contributed by atoms with E-state index in [9.17, 15) is 24.8 Å². The Labute approximate surface area is 154 Å². The first-order chi connectivity index (χ1) is 12.9. The number of fused-ring (bicyclic) bond motifs is 1. The Morgan fingerprint density at radius 1 is 1.33 bits per heavy atom. The summed E-state index contributed by atoms with van der Waals surface area (Å²) in [6.45, 7) is 1.68. The van der Waals surface area contributed by atoms with Crippen LogP contribution >= 0.6 is 0 Å². The quantitative estimate of drug-likeness (QED) is 0.469. The Morgan fingerprint density at radius 3 is 2.78 bits per heavy atom. The van der Waals surface area contributed by atoms with Crippen molar-refractivity contribution in [3.63, 3.8) is 0 Å². The number of non-ortho nitro benzene ring substituents is 1. The van der Waals surface area contributed by atoms with Crippen LogP contribution in [0.5, 0.6) is 5.75 Å². The standard InChI is InChI=1S/C19H17NO7/c1-11(6-9-17-13-4-2-3-5-14(13)18(22)27-17)26-19(23)15-8-7-12(20(24)25)10-16(15)21/h2-5,7-8,10-11,17,21H,6,9H2,1H3/t11?,17-/m0/s1. The number of ether oxygens (including phenoxy) is 2. The number of benzene rings is 2. The van der Waals surface area contributed by atoms with Crippen molar-refractivity contribution < 1.29 is 29.1 Å². The molecule has 140 valence electrons. The predicted octanol–water partition coefficient (Wildman–Crippen LogP) is 3.54. The van der Waals surface area contributed by atoms with E-state index in [4.69, 9.17) is 9.47 Å². The van der Waals surface area contributed by atoms with E-state index in [-0.39, 0.29) is 23.3 Å². The third kappa shape index (κ3) is 3.89. The maximum Gasteiger partial charge on any atom is 0.342 e. The number of nitro benzene ring substituents is 1. The van der Waals surface area contributed by atoms with E-state index < -0.39 is 22.7 Å². The zero-order chi connectivity index (χ0) is 19.6. The van der Waals surface area contributed by atoms with Crippen LogP contribution in [0.1, 0.15) is 52.1 Å². The Morgan fingerprint density at radius 2 is 2.07 bits per heavy atom. The normalized spacial score (nSPS) is 16.3. The molecule has 1 aliphatic rings. The highest BCUT2D eigenvalue weighted by Gasteiger charge is 2.30. The molecule has 1 aliphatic heterocycles. The molecule has 0 spiro atoms. The minimum absolute atomic E-state index is 0.148. The third-order valence-electron chi connectivity index (χ3n) is 4.33. The van der Waals surface area contributed by atoms with Gasteiger partial charge in [0.1, 0.15) is 17.4 Å². The molecule has 2 aromatic carbocycles. The fourth-order valence-electron chi connectivity index (χ4n) is 2.93. The molecular formula is C19H17NO7. The summed E-state index contributed by atoms with van der Waals surface area (Å²) in [6, 6.07) is 10.3. The van der Waals surface area contributed by atoms with Gasteiger partial charge in [0.05, 0.1) is 22.7 Å². The summed E-state index contributed by atoms with van der Waals surface area (Å²) in [5.74, 6) is -1.66. The maximum absolute atomic E-state index is 12.2. The highest BCUT2D eigenvalue weighted by molar-refractivity contribution is 5.94. The molecule has 0 amide bonds. The van der Waals surface area contributed by atoms with Crippen LogP contribution in [0.4, 0.5) is 5.69 Å². The molecule has 0 radical (unpaired) electrons. The van der Waals surface area contributed by atoms with Gasteiger partial charge in [-0.3, -0.25) is 10.1 Å². The van der Waals surface area contributed by atoms with Gasteiger partial charge in [-0.2, -0.15) is 0 Å². The second-order valence-electron chi connectivity index (χ2n) is 6.23. The van der Waals surface area contributed by atoms with Crippen molar-refractivity contribution in [1.82, 2.24) is 0 Å². The van der Waals surface area contributed by atoms with E-state index in [1.54, 1.807) is 19.1 Å². The van der Waals surface area contributed by atoms with Gasteiger partial charge in [-0.15, -0.1) is 0 Å². The number of phenolic OH excluding ortho intramolecular Hbond substituents is 1. The smallest absolute Gasteiger partial charge is 0.342 e. The van der Waals surface area contributed by atoms with Gasteiger partial charge in [0.2, 0.25) is 0 Å². The van der Waals surface area contributed by atoms with Crippen molar-refractivity contribution in [2.45, 2.75) is 32.0 Å². The van der Waals surface area contributed by atoms with Crippen molar-refractivity contribution >= 4 is 17.6 Å². The lowest BCUT2D eigenvalue weighted by atomic mass is 10.0. The Kier molecular flexibility index (Phi) is 5.07. The summed E-state index contributed by atoms with van der Waals surface area (Å²) in [4.78, 5) is 34.0. The van der Waals surface area contributed by atoms with E-state index in [0.29, 0.717) is 18.4 Å². The van der Waals surface area contributed by atoms with Crippen LogP contribution in [-0.2, 0) is 9.47 Å². The first-order valence-electron chi connectivity index (χ1n) is 8.35. The highest BCUT2D eigenvalue weighted by atomic mass is 16.6. The molecule has 0 fully saturated rings. The monoisotopic (exact) mass is 371 g/mol. The summed E-state index contributed by atoms with van der Waals surface area (Å²) in [5, 5.41) is 20.5. The number of nitro groups is 1. The molecule has 8 heteroatoms. The molecule has 1 heterocycles. The lowest BCUT2D eigenvalue weighted by molar-refractivity contribution is -0.384. The molecule has 0 aliphatic carbocycles. The molecular weight excluding hydrogens is 354 g/mol. The Bertz CT molecular complexity index is 909. The average molecular weight is 371 g/mol. The molecule has 0 aromatic heterocycles. The van der Waals surface area contributed by atoms with Crippen molar-refractivity contribution in [3.8, 4) is 5.75 Å². The maximum atomic E-state index is 12.2. The predicted molar refractivity (Wildman–Crippen MR) is 93.5 cm³/mol. The highest BCUT2D eigenvalue weighted by Crippen LogP contribution is 2.34. The van der Waals surface area contributed by atoms with Crippen LogP contribution in [0.2, 0.25) is 0 Å². The number of cyclic esters (lactones) is 1. The molecule has 1 N–H and O–H groups in total. The first-order valence-corrected chi connectivity index (χ1v) is 8.35. The fraction of sp³-hybridized carbons (Fsp3) is 0.263. The summed E-state index contributed by atoms with van der Waals surface area (Å²) >= 11 is 0. The van der Waals surface area contributed by atoms with Crippen molar-refractivity contribution in [1.29, 1.82) is 0 Å². The number of carbonyl (C=O) groups excluding carboxylic acids is 2. The molecule has 1 unspecified atom stereocenters. The van der Waals surface area contributed by atoms with Gasteiger partial charge in [0.25, 0.3) is 5.69 Å². The van der Waals surface area contributed by atoms with Crippen LogP contribution in [0.15, 0.2) is 42.5 Å². The number of hydrogen-bond donors (Lipinski definition) is 1. The number of nitrogens with zero attached hydrogens (tertiary/aromatic N) is 1. The lowest BCUT2D eigenvalue weighted by Crippen LogP contribution is -2.16. The number of rotatable bonds is 6. The van der Waals surface area contributed by atoms with E-state index in [2.05, 4.69) is 0 Å². The summed E-state index contributed by atoms with van der Waals surface area (Å²) in [7, 11) is 0. The van der Waals surface area contributed by atoms with Crippen LogP contribution in [0.25, 0.3) is 0 Å². The second-order valence-corrected chi connectivity index (χ2v) is 6.23. The van der Waals surface area contributed by atoms with Crippen molar-refractivity contribution in [2.75, 3.05) is 0 Å². The molecule has 0 bridgehead atoms. The SMILES string of the molecule is CC(CC[C@@H]1OC(=O)c2ccccc21)OC(=O)c1ccc([N+](=O)[O-])cc1O. The largest absolute Gasteiger partial charge is 0.507 e. The van der Waals surface area contributed by atoms with Gasteiger partial charge in [-0.25, -0.2) is 9.59 Å². The van der Waals surface area contributed by atoms with Gasteiger partial charge in [-0.1, -0.05) is 18.2 Å². The van der Waals surface area contributed by atoms with Gasteiger partial charge in [0, 0.05) is 11.6 Å². The number of aromatic hydroxyl groups is 1. The summed E-state index contributed by atoms with van der Waals surface area (Å²) in [6.07, 6.45) is 0.0241. The summed E-state index contributed by atoms with van der Waals surface area (Å²) < 4.78 is 10.6. The minimum atomic E-state index is -0.779. The van der Waals surface area contributed by atoms with Crippen molar-refractivity contribution in [2.24, 2.45) is 0 Å². The molecule has 2 aromatic rings. The van der Waals surface area contributed by atoms with Crippen LogP contribution in [-0.4, -0.2) is 28.1 Å². The topological polar surface area (TPSA) is 116 Å². The van der Waals surface area contributed by atoms with Crippen LogP contribution in [0.3, 0.4) is 0 Å². The number of esters is 2. The van der Waals surface area contributed by atoms with E-state index in [1.807, 2.05) is 12.1 Å². The van der Waals surface area contributed by atoms with Gasteiger partial charge >= 0.3 is 11.9 Å². The molecule has 3 rings (SSSR count). The van der Waals surface area contributed by atoms with Gasteiger partial charge < -0.3 is 14.6 Å². The van der Waals surface area contributed by atoms with E-state index in [0.717, 1.165) is 23.8 Å². The Hall–Kier alpha value is -3.42. The van der Waals surface area contributed by atoms with E-state index >= 15 is 0 Å². The minimum Gasteiger partial charge on any atom is -0.507 e. The second kappa shape index (κ2) is 7.45. The van der Waals surface area contributed by atoms with Gasteiger partial charge in [-0.05, 0) is 31.9 Å². The molecule has 27 heavy (non-hydrogen) atoms. The Balaban J connectivity index is 1.58.